The quantitative estimate of drug-likeness (QED) is 0.151. The van der Waals surface area contributed by atoms with Crippen molar-refractivity contribution in [1.82, 2.24) is 10.2 Å². The molecule has 0 spiro atoms. The molecule has 8 atom stereocenters. The summed E-state index contributed by atoms with van der Waals surface area (Å²) >= 11 is 6.75. The lowest BCUT2D eigenvalue weighted by Gasteiger charge is -2.42. The molecule has 13 nitrogen and oxygen atoms in total. The summed E-state index contributed by atoms with van der Waals surface area (Å²) in [6, 6.07) is 2.63. The van der Waals surface area contributed by atoms with Crippen molar-refractivity contribution in [2.75, 3.05) is 45.2 Å². The monoisotopic (exact) mass is 783 g/mol. The van der Waals surface area contributed by atoms with Crippen LogP contribution in [0.5, 0.6) is 5.75 Å². The van der Waals surface area contributed by atoms with Gasteiger partial charge in [0.1, 0.15) is 40.7 Å². The van der Waals surface area contributed by atoms with Crippen molar-refractivity contribution in [3.05, 3.63) is 46.5 Å². The van der Waals surface area contributed by atoms with Crippen molar-refractivity contribution in [2.24, 2.45) is 5.92 Å². The fourth-order valence-electron chi connectivity index (χ4n) is 6.61. The van der Waals surface area contributed by atoms with Gasteiger partial charge in [0.25, 0.3) is 0 Å². The number of carbonyl (C=O) groups excluding carboxylic acids is 4. The minimum atomic E-state index is -1.82. The minimum Gasteiger partial charge on any atom is -0.495 e. The Hall–Kier alpha value is -2.95. The van der Waals surface area contributed by atoms with Crippen LogP contribution in [0.15, 0.2) is 35.9 Å². The second kappa shape index (κ2) is 17.5. The molecule has 1 aromatic rings. The number of likely N-dealkylation sites (N-methyl/N-ethyl adjacent to an activating group) is 1. The zero-order valence-electron chi connectivity index (χ0n) is 31.1. The third-order valence-electron chi connectivity index (χ3n) is 10.0. The van der Waals surface area contributed by atoms with E-state index < -0.39 is 65.7 Å². The number of alkyl carbamates (subject to hydrolysis) is 1. The molecular formula is C36H50ClN3O10S2. The molecule has 288 valence electrons. The molecule has 3 heterocycles. The molecule has 4 bridgehead atoms. The molecule has 0 radical (unpaired) electrons. The molecule has 3 aliphatic rings. The van der Waals surface area contributed by atoms with E-state index in [2.05, 4.69) is 5.32 Å². The van der Waals surface area contributed by atoms with E-state index in [1.165, 1.54) is 31.1 Å². The van der Waals surface area contributed by atoms with E-state index in [0.717, 1.165) is 11.1 Å². The number of nitrogens with one attached hydrogen (secondary N) is 1. The van der Waals surface area contributed by atoms with Crippen molar-refractivity contribution in [3.8, 4) is 5.75 Å². The summed E-state index contributed by atoms with van der Waals surface area (Å²) in [6.45, 7) is 7.02. The fraction of sp³-hybridized carbons (Fsp3) is 0.611. The SMILES string of the molecule is COc1cc2cc(c1Cl)N(C)C(=O)CC(OC(=O)[C@H](C)N(C)C(=O)CCSSC)[C@]1(C)O[C@H]1[C@H](C)[C@@H]1C[C@@](O)(NC(=O)O1)C(OC)/C=C/C=C(\C)C2. The molecule has 0 aromatic heterocycles. The standard InChI is InChI=1S/C36H50ClN3O10S2/c1-20-11-10-12-27(47-8)36(45)19-26(48-34(44)38-36)21(2)32-35(4,50-32)28(49-33(43)22(3)39(5)29(41)13-14-52-51-9)18-30(42)40(6)24-16-23(15-20)17-25(46-7)31(24)37/h10-12,16-17,21-22,26-28,32,45H,13-15,18-19H2,1-9H3,(H,38,44)/b12-10+,20-11+/t21-,22+,26+,27?,28?,32+,35+,36+/m1/s1. The van der Waals surface area contributed by atoms with Gasteiger partial charge in [0.05, 0.1) is 25.3 Å². The van der Waals surface area contributed by atoms with Crippen LogP contribution in [-0.2, 0) is 39.8 Å². The zero-order valence-corrected chi connectivity index (χ0v) is 33.5. The summed E-state index contributed by atoms with van der Waals surface area (Å²) in [5.74, 6) is -0.916. The van der Waals surface area contributed by atoms with Crippen LogP contribution in [0.4, 0.5) is 10.5 Å². The number of ether oxygens (including phenoxy) is 5. The highest BCUT2D eigenvalue weighted by molar-refractivity contribution is 8.76. The molecule has 2 N–H and O–H groups in total. The van der Waals surface area contributed by atoms with Crippen LogP contribution in [0.25, 0.3) is 0 Å². The highest BCUT2D eigenvalue weighted by Crippen LogP contribution is 2.49. The largest absolute Gasteiger partial charge is 0.495 e. The molecular weight excluding hydrogens is 734 g/mol. The Bertz CT molecular complexity index is 1580. The van der Waals surface area contributed by atoms with Gasteiger partial charge in [-0.1, -0.05) is 63.9 Å². The predicted molar refractivity (Wildman–Crippen MR) is 202 cm³/mol. The molecule has 3 aliphatic heterocycles. The summed E-state index contributed by atoms with van der Waals surface area (Å²) in [4.78, 5) is 56.2. The van der Waals surface area contributed by atoms with Crippen LogP contribution in [0.1, 0.15) is 52.5 Å². The van der Waals surface area contributed by atoms with Crippen LogP contribution in [0.2, 0.25) is 5.02 Å². The number of fused-ring (bicyclic) bond motifs is 5. The van der Waals surface area contributed by atoms with E-state index in [4.69, 9.17) is 35.3 Å². The molecule has 2 unspecified atom stereocenters. The molecule has 4 rings (SSSR count). The number of halogens is 1. The number of hydrogen-bond acceptors (Lipinski definition) is 12. The lowest BCUT2D eigenvalue weighted by Crippen LogP contribution is -2.63. The molecule has 2 fully saturated rings. The van der Waals surface area contributed by atoms with Crippen LogP contribution >= 0.6 is 33.2 Å². The average molecular weight is 784 g/mol. The second-order valence-corrected chi connectivity index (χ2v) is 16.7. The zero-order chi connectivity index (χ0) is 38.5. The first-order valence-corrected chi connectivity index (χ1v) is 20.1. The first-order valence-electron chi connectivity index (χ1n) is 17.0. The number of amides is 3. The normalized spacial score (nSPS) is 31.6. The van der Waals surface area contributed by atoms with E-state index in [-0.39, 0.29) is 30.2 Å². The Labute approximate surface area is 318 Å². The summed E-state index contributed by atoms with van der Waals surface area (Å²) in [5.41, 5.74) is -0.884. The number of aliphatic hydroxyl groups is 1. The number of carbonyl (C=O) groups is 4. The van der Waals surface area contributed by atoms with Gasteiger partial charge in [-0.3, -0.25) is 14.9 Å². The summed E-state index contributed by atoms with van der Waals surface area (Å²) in [6.07, 6.45) is 3.17. The van der Waals surface area contributed by atoms with E-state index in [9.17, 15) is 24.3 Å². The first kappa shape index (κ1) is 41.8. The number of epoxide rings is 1. The van der Waals surface area contributed by atoms with Gasteiger partial charge in [-0.2, -0.15) is 0 Å². The second-order valence-electron chi connectivity index (χ2n) is 13.6. The maximum Gasteiger partial charge on any atom is 0.409 e. The Morgan fingerprint density at radius 1 is 1.27 bits per heavy atom. The molecule has 0 saturated carbocycles. The molecule has 1 aromatic carbocycles. The molecule has 52 heavy (non-hydrogen) atoms. The number of esters is 1. The number of anilines is 1. The number of rotatable bonds is 9. The number of nitrogens with zero attached hydrogens (tertiary/aromatic N) is 2. The molecule has 2 saturated heterocycles. The lowest BCUT2D eigenvalue weighted by molar-refractivity contribution is -0.161. The van der Waals surface area contributed by atoms with E-state index in [0.29, 0.717) is 23.6 Å². The maximum absolute atomic E-state index is 14.1. The Balaban J connectivity index is 1.74. The predicted octanol–water partition coefficient (Wildman–Crippen LogP) is 4.92. The van der Waals surface area contributed by atoms with E-state index >= 15 is 0 Å². The lowest BCUT2D eigenvalue weighted by atomic mass is 9.83. The average Bonchev–Trinajstić information content (AvgIpc) is 3.80. The van der Waals surface area contributed by atoms with Gasteiger partial charge in [-0.25, -0.2) is 9.59 Å². The minimum absolute atomic E-state index is 0.0452. The van der Waals surface area contributed by atoms with Crippen LogP contribution < -0.4 is 15.0 Å². The van der Waals surface area contributed by atoms with Crippen molar-refractivity contribution in [1.29, 1.82) is 0 Å². The van der Waals surface area contributed by atoms with Gasteiger partial charge in [0, 0.05) is 45.7 Å². The van der Waals surface area contributed by atoms with Gasteiger partial charge in [0.15, 0.2) is 5.72 Å². The Morgan fingerprint density at radius 2 is 1.98 bits per heavy atom. The number of methoxy groups -OCH3 is 2. The first-order chi connectivity index (χ1) is 24.5. The Morgan fingerprint density at radius 3 is 2.63 bits per heavy atom. The molecule has 0 aliphatic carbocycles. The summed E-state index contributed by atoms with van der Waals surface area (Å²) in [7, 11) is 9.14. The maximum atomic E-state index is 14.1. The highest BCUT2D eigenvalue weighted by Gasteiger charge is 2.64. The van der Waals surface area contributed by atoms with Gasteiger partial charge < -0.3 is 38.6 Å². The van der Waals surface area contributed by atoms with Crippen LogP contribution in [0.3, 0.4) is 0 Å². The van der Waals surface area contributed by atoms with Crippen molar-refractivity contribution in [2.45, 2.75) is 95.2 Å². The third kappa shape index (κ3) is 9.40. The number of allylic oxidation sites excluding steroid dienone is 3. The van der Waals surface area contributed by atoms with Crippen molar-refractivity contribution < 1.29 is 48.0 Å². The van der Waals surface area contributed by atoms with E-state index in [1.807, 2.05) is 19.3 Å². The van der Waals surface area contributed by atoms with Gasteiger partial charge in [-0.15, -0.1) is 0 Å². The topological polar surface area (TPSA) is 156 Å². The summed E-state index contributed by atoms with van der Waals surface area (Å²) in [5, 5.41) is 14.5. The molecule has 16 heteroatoms. The van der Waals surface area contributed by atoms with Crippen LogP contribution in [0, 0.1) is 5.92 Å². The van der Waals surface area contributed by atoms with Crippen LogP contribution in [-0.4, -0.2) is 116 Å². The smallest absolute Gasteiger partial charge is 0.409 e. The van der Waals surface area contributed by atoms with Crippen molar-refractivity contribution >= 4 is 62.8 Å². The van der Waals surface area contributed by atoms with Gasteiger partial charge in [-0.05, 0) is 51.1 Å². The Kier molecular flexibility index (Phi) is 14.0. The van der Waals surface area contributed by atoms with E-state index in [1.54, 1.807) is 73.7 Å². The highest BCUT2D eigenvalue weighted by atomic mass is 35.5. The van der Waals surface area contributed by atoms with Gasteiger partial charge >= 0.3 is 12.1 Å². The molecule has 3 amide bonds. The fourth-order valence-corrected chi connectivity index (χ4v) is 8.09. The summed E-state index contributed by atoms with van der Waals surface area (Å²) < 4.78 is 29.2. The van der Waals surface area contributed by atoms with Crippen molar-refractivity contribution in [3.63, 3.8) is 0 Å². The number of benzene rings is 1. The third-order valence-corrected chi connectivity index (χ3v) is 12.2. The van der Waals surface area contributed by atoms with Gasteiger partial charge in [0.2, 0.25) is 11.8 Å². The number of hydrogen-bond donors (Lipinski definition) is 2.